The molecule has 0 bridgehead atoms. The van der Waals surface area contributed by atoms with Crippen LogP contribution in [0.3, 0.4) is 0 Å². The summed E-state index contributed by atoms with van der Waals surface area (Å²) in [5.74, 6) is 0.665. The summed E-state index contributed by atoms with van der Waals surface area (Å²) < 4.78 is 5.71. The minimum absolute atomic E-state index is 0.0406. The smallest absolute Gasteiger partial charge is 0.273 e. The van der Waals surface area contributed by atoms with Gasteiger partial charge in [-0.15, -0.1) is 0 Å². The molecule has 1 N–H and O–H groups in total. The molecule has 1 aliphatic rings. The van der Waals surface area contributed by atoms with Crippen LogP contribution in [0.25, 0.3) is 0 Å². The molecular formula is C27H30N2O4. The topological polar surface area (TPSA) is 75.8 Å². The lowest BCUT2D eigenvalue weighted by Crippen LogP contribution is -2.44. The third-order valence-corrected chi connectivity index (χ3v) is 6.52. The van der Waals surface area contributed by atoms with E-state index >= 15 is 0 Å². The van der Waals surface area contributed by atoms with E-state index in [1.54, 1.807) is 12.1 Å². The Kier molecular flexibility index (Phi) is 7.37. The molecule has 0 unspecified atom stereocenters. The number of hydrogen-bond donors (Lipinski definition) is 1. The van der Waals surface area contributed by atoms with Crippen LogP contribution in [-0.4, -0.2) is 41.2 Å². The van der Waals surface area contributed by atoms with Gasteiger partial charge in [-0.2, -0.15) is 0 Å². The van der Waals surface area contributed by atoms with E-state index in [4.69, 9.17) is 4.74 Å². The SMILES string of the molecule is O=[N+]([O-])c1cccc(OCCCN2CCC(C(O)(c3ccccc3)c3ccccc3)CC2)c1. The van der Waals surface area contributed by atoms with Crippen molar-refractivity contribution in [3.63, 3.8) is 0 Å². The molecule has 1 aliphatic heterocycles. The molecule has 33 heavy (non-hydrogen) atoms. The Hall–Kier alpha value is -3.22. The number of likely N-dealkylation sites (tertiary alicyclic amines) is 1. The second-order valence-corrected chi connectivity index (χ2v) is 8.57. The molecule has 0 atom stereocenters. The lowest BCUT2D eigenvalue weighted by Gasteiger charge is -2.42. The van der Waals surface area contributed by atoms with E-state index in [0.717, 1.165) is 50.0 Å². The number of aliphatic hydroxyl groups is 1. The third kappa shape index (κ3) is 5.41. The van der Waals surface area contributed by atoms with E-state index in [2.05, 4.69) is 4.90 Å². The molecule has 6 heteroatoms. The Labute approximate surface area is 194 Å². The monoisotopic (exact) mass is 446 g/mol. The van der Waals surface area contributed by atoms with Gasteiger partial charge in [-0.25, -0.2) is 0 Å². The molecular weight excluding hydrogens is 416 g/mol. The van der Waals surface area contributed by atoms with Gasteiger partial charge in [0.1, 0.15) is 11.4 Å². The highest BCUT2D eigenvalue weighted by Crippen LogP contribution is 2.41. The second kappa shape index (κ2) is 10.6. The Morgan fingerprint density at radius 2 is 1.55 bits per heavy atom. The van der Waals surface area contributed by atoms with E-state index in [9.17, 15) is 15.2 Å². The van der Waals surface area contributed by atoms with Gasteiger partial charge in [0.15, 0.2) is 0 Å². The highest BCUT2D eigenvalue weighted by Gasteiger charge is 2.41. The quantitative estimate of drug-likeness (QED) is 0.284. The van der Waals surface area contributed by atoms with Crippen LogP contribution in [0.5, 0.6) is 5.75 Å². The summed E-state index contributed by atoms with van der Waals surface area (Å²) in [4.78, 5) is 12.9. The molecule has 1 heterocycles. The van der Waals surface area contributed by atoms with Gasteiger partial charge in [-0.1, -0.05) is 66.7 Å². The average Bonchev–Trinajstić information content (AvgIpc) is 2.88. The maximum atomic E-state index is 12.0. The van der Waals surface area contributed by atoms with Gasteiger partial charge in [0, 0.05) is 12.6 Å². The summed E-state index contributed by atoms with van der Waals surface area (Å²) in [6.07, 6.45) is 2.66. The van der Waals surface area contributed by atoms with E-state index < -0.39 is 10.5 Å². The largest absolute Gasteiger partial charge is 0.493 e. The zero-order chi connectivity index (χ0) is 23.1. The first-order chi connectivity index (χ1) is 16.1. The standard InChI is InChI=1S/C27H30N2O4/c30-27(22-9-3-1-4-10-22,23-11-5-2-6-12-23)24-15-18-28(19-16-24)17-8-20-33-26-14-7-13-25(21-26)29(31)32/h1-7,9-14,21,24,30H,8,15-20H2. The number of piperidine rings is 1. The normalized spacial score (nSPS) is 15.3. The Balaban J connectivity index is 1.32. The van der Waals surface area contributed by atoms with Crippen LogP contribution in [0.1, 0.15) is 30.4 Å². The maximum Gasteiger partial charge on any atom is 0.273 e. The number of nitro benzene ring substituents is 1. The first-order valence-electron chi connectivity index (χ1n) is 11.5. The van der Waals surface area contributed by atoms with E-state index in [-0.39, 0.29) is 11.6 Å². The van der Waals surface area contributed by atoms with Gasteiger partial charge in [0.2, 0.25) is 0 Å². The van der Waals surface area contributed by atoms with Gasteiger partial charge in [0.05, 0.1) is 17.6 Å². The van der Waals surface area contributed by atoms with E-state index in [1.807, 2.05) is 60.7 Å². The van der Waals surface area contributed by atoms with Crippen molar-refractivity contribution in [3.8, 4) is 5.75 Å². The van der Waals surface area contributed by atoms with Gasteiger partial charge in [-0.05, 0) is 55.5 Å². The van der Waals surface area contributed by atoms with Crippen molar-refractivity contribution < 1.29 is 14.8 Å². The molecule has 172 valence electrons. The summed E-state index contributed by atoms with van der Waals surface area (Å²) in [7, 11) is 0. The molecule has 3 aromatic carbocycles. The van der Waals surface area contributed by atoms with Crippen molar-refractivity contribution in [3.05, 3.63) is 106 Å². The molecule has 1 fully saturated rings. The van der Waals surface area contributed by atoms with Crippen LogP contribution < -0.4 is 4.74 Å². The van der Waals surface area contributed by atoms with Gasteiger partial charge in [-0.3, -0.25) is 10.1 Å². The minimum Gasteiger partial charge on any atom is -0.493 e. The van der Waals surface area contributed by atoms with Gasteiger partial charge >= 0.3 is 0 Å². The fourth-order valence-electron chi connectivity index (χ4n) is 4.76. The first kappa shape index (κ1) is 23.0. The summed E-state index contributed by atoms with van der Waals surface area (Å²) in [5, 5.41) is 22.9. The number of rotatable bonds is 9. The number of non-ortho nitro benzene ring substituents is 1. The van der Waals surface area contributed by atoms with Crippen LogP contribution >= 0.6 is 0 Å². The highest BCUT2D eigenvalue weighted by atomic mass is 16.6. The zero-order valence-corrected chi connectivity index (χ0v) is 18.7. The Morgan fingerprint density at radius 1 is 0.939 bits per heavy atom. The van der Waals surface area contributed by atoms with Crippen molar-refractivity contribution in [2.45, 2.75) is 24.9 Å². The molecule has 0 spiro atoms. The molecule has 1 saturated heterocycles. The summed E-state index contributed by atoms with van der Waals surface area (Å²) in [6, 6.07) is 26.3. The molecule has 3 aromatic rings. The van der Waals surface area contributed by atoms with Crippen LogP contribution in [0, 0.1) is 16.0 Å². The highest BCUT2D eigenvalue weighted by molar-refractivity contribution is 5.38. The predicted octanol–water partition coefficient (Wildman–Crippen LogP) is 5.01. The third-order valence-electron chi connectivity index (χ3n) is 6.52. The zero-order valence-electron chi connectivity index (χ0n) is 18.7. The van der Waals surface area contributed by atoms with Gasteiger partial charge < -0.3 is 14.7 Å². The summed E-state index contributed by atoms with van der Waals surface area (Å²) >= 11 is 0. The number of nitro groups is 1. The van der Waals surface area contributed by atoms with Crippen molar-refractivity contribution >= 4 is 5.69 Å². The van der Waals surface area contributed by atoms with Crippen molar-refractivity contribution in [1.29, 1.82) is 0 Å². The van der Waals surface area contributed by atoms with Crippen LogP contribution in [0.2, 0.25) is 0 Å². The maximum absolute atomic E-state index is 12.0. The minimum atomic E-state index is -1.00. The number of benzene rings is 3. The number of nitrogens with zero attached hydrogens (tertiary/aromatic N) is 2. The molecule has 0 amide bonds. The fraction of sp³-hybridized carbons (Fsp3) is 0.333. The molecule has 4 rings (SSSR count). The first-order valence-corrected chi connectivity index (χ1v) is 11.5. The number of hydrogen-bond acceptors (Lipinski definition) is 5. The molecule has 0 radical (unpaired) electrons. The van der Waals surface area contributed by atoms with E-state index in [0.29, 0.717) is 12.4 Å². The molecule has 6 nitrogen and oxygen atoms in total. The van der Waals surface area contributed by atoms with E-state index in [1.165, 1.54) is 12.1 Å². The van der Waals surface area contributed by atoms with Crippen LogP contribution in [0.15, 0.2) is 84.9 Å². The average molecular weight is 447 g/mol. The fourth-order valence-corrected chi connectivity index (χ4v) is 4.76. The molecule has 0 aromatic heterocycles. The lowest BCUT2D eigenvalue weighted by atomic mass is 9.72. The summed E-state index contributed by atoms with van der Waals surface area (Å²) in [6.45, 7) is 3.25. The van der Waals surface area contributed by atoms with Crippen LogP contribution in [0.4, 0.5) is 5.69 Å². The van der Waals surface area contributed by atoms with Crippen molar-refractivity contribution in [2.24, 2.45) is 5.92 Å². The van der Waals surface area contributed by atoms with Crippen LogP contribution in [-0.2, 0) is 5.60 Å². The van der Waals surface area contributed by atoms with Crippen molar-refractivity contribution in [1.82, 2.24) is 4.90 Å². The molecule has 0 aliphatic carbocycles. The Morgan fingerprint density at radius 3 is 2.12 bits per heavy atom. The lowest BCUT2D eigenvalue weighted by molar-refractivity contribution is -0.384. The Bertz CT molecular complexity index is 995. The summed E-state index contributed by atoms with van der Waals surface area (Å²) in [5.41, 5.74) is 0.929. The predicted molar refractivity (Wildman–Crippen MR) is 128 cm³/mol. The second-order valence-electron chi connectivity index (χ2n) is 8.57. The van der Waals surface area contributed by atoms with Gasteiger partial charge in [0.25, 0.3) is 5.69 Å². The van der Waals surface area contributed by atoms with Crippen molar-refractivity contribution in [2.75, 3.05) is 26.2 Å². The number of ether oxygens (including phenoxy) is 1. The molecule has 0 saturated carbocycles.